The zero-order valence-electron chi connectivity index (χ0n) is 17.0. The van der Waals surface area contributed by atoms with E-state index >= 15 is 0 Å². The minimum absolute atomic E-state index is 0.0476. The number of hydrogen-bond donors (Lipinski definition) is 2. The molecule has 1 heterocycles. The number of rotatable bonds is 9. The second-order valence-corrected chi connectivity index (χ2v) is 6.96. The Morgan fingerprint density at radius 2 is 1.78 bits per heavy atom. The molecule has 0 atom stereocenters. The van der Waals surface area contributed by atoms with Crippen molar-refractivity contribution in [3.63, 3.8) is 0 Å². The topological polar surface area (TPSA) is 64.7 Å². The van der Waals surface area contributed by atoms with E-state index in [1.807, 2.05) is 25.1 Å². The molecule has 0 bridgehead atoms. The molecule has 27 heavy (non-hydrogen) atoms. The molecule has 2 N–H and O–H groups in total. The highest BCUT2D eigenvalue weighted by Crippen LogP contribution is 2.27. The van der Waals surface area contributed by atoms with E-state index in [1.165, 1.54) is 6.42 Å². The third-order valence-electron chi connectivity index (χ3n) is 5.15. The Bertz CT molecular complexity index is 623. The first kappa shape index (κ1) is 21.2. The van der Waals surface area contributed by atoms with Gasteiger partial charge >= 0.3 is 0 Å². The zero-order valence-corrected chi connectivity index (χ0v) is 17.0. The average molecular weight is 375 g/mol. The molecule has 0 spiro atoms. The van der Waals surface area contributed by atoms with Gasteiger partial charge in [-0.25, -0.2) is 0 Å². The lowest BCUT2D eigenvalue weighted by atomic mass is 10.1. The Hall–Kier alpha value is -2.08. The van der Waals surface area contributed by atoms with Crippen molar-refractivity contribution in [2.75, 3.05) is 49.5 Å². The van der Waals surface area contributed by atoms with Crippen LogP contribution in [0.5, 0.6) is 0 Å². The van der Waals surface area contributed by atoms with Gasteiger partial charge in [0, 0.05) is 44.0 Å². The van der Waals surface area contributed by atoms with Crippen molar-refractivity contribution in [1.82, 2.24) is 10.2 Å². The van der Waals surface area contributed by atoms with Crippen LogP contribution in [0.1, 0.15) is 56.8 Å². The van der Waals surface area contributed by atoms with E-state index in [0.717, 1.165) is 51.3 Å². The lowest BCUT2D eigenvalue weighted by Crippen LogP contribution is -2.36. The molecule has 2 amide bonds. The first-order valence-electron chi connectivity index (χ1n) is 10.3. The molecule has 1 aromatic carbocycles. The van der Waals surface area contributed by atoms with Gasteiger partial charge in [0.2, 0.25) is 5.91 Å². The summed E-state index contributed by atoms with van der Waals surface area (Å²) in [5.74, 6) is -0.121. The minimum Gasteiger partial charge on any atom is -0.371 e. The fraction of sp³-hybridized carbons (Fsp3) is 0.619. The lowest BCUT2D eigenvalue weighted by Gasteiger charge is -2.30. The third-order valence-corrected chi connectivity index (χ3v) is 5.15. The Kier molecular flexibility index (Phi) is 8.58. The Morgan fingerprint density at radius 1 is 1.07 bits per heavy atom. The maximum absolute atomic E-state index is 12.9. The largest absolute Gasteiger partial charge is 0.371 e. The SMILES string of the molecule is CCC(=O)Nc1ccc(N2CCCCC2)c(C(=O)NCCN(CC)CC)c1. The van der Waals surface area contributed by atoms with Crippen LogP contribution < -0.4 is 15.5 Å². The maximum atomic E-state index is 12.9. The van der Waals surface area contributed by atoms with Gasteiger partial charge in [0.15, 0.2) is 0 Å². The first-order chi connectivity index (χ1) is 13.1. The molecular weight excluding hydrogens is 340 g/mol. The number of hydrogen-bond acceptors (Lipinski definition) is 4. The Morgan fingerprint density at radius 3 is 2.41 bits per heavy atom. The monoisotopic (exact) mass is 374 g/mol. The molecule has 0 radical (unpaired) electrons. The van der Waals surface area contributed by atoms with E-state index in [2.05, 4.69) is 34.3 Å². The molecular formula is C21H34N4O2. The number of nitrogens with zero attached hydrogens (tertiary/aromatic N) is 2. The van der Waals surface area contributed by atoms with Gasteiger partial charge in [-0.3, -0.25) is 9.59 Å². The molecule has 1 aliphatic rings. The van der Waals surface area contributed by atoms with Crippen molar-refractivity contribution in [2.45, 2.75) is 46.5 Å². The summed E-state index contributed by atoms with van der Waals surface area (Å²) in [5.41, 5.74) is 2.28. The number of carbonyl (C=O) groups is 2. The van der Waals surface area contributed by atoms with Crippen LogP contribution in [0.4, 0.5) is 11.4 Å². The van der Waals surface area contributed by atoms with Crippen LogP contribution in [0.2, 0.25) is 0 Å². The van der Waals surface area contributed by atoms with Gasteiger partial charge in [-0.1, -0.05) is 20.8 Å². The summed E-state index contributed by atoms with van der Waals surface area (Å²) in [5, 5.41) is 5.92. The molecule has 0 aliphatic carbocycles. The number of likely N-dealkylation sites (N-methyl/N-ethyl adjacent to an activating group) is 1. The van der Waals surface area contributed by atoms with Crippen LogP contribution in [-0.2, 0) is 4.79 Å². The van der Waals surface area contributed by atoms with Crippen LogP contribution in [0.3, 0.4) is 0 Å². The predicted molar refractivity (Wildman–Crippen MR) is 112 cm³/mol. The van der Waals surface area contributed by atoms with E-state index in [0.29, 0.717) is 24.2 Å². The molecule has 6 heteroatoms. The van der Waals surface area contributed by atoms with Crippen LogP contribution in [-0.4, -0.2) is 56.0 Å². The zero-order chi connectivity index (χ0) is 19.6. The molecule has 2 rings (SSSR count). The number of nitrogens with one attached hydrogen (secondary N) is 2. The standard InChI is InChI=1S/C21H34N4O2/c1-4-20(26)23-17-10-11-19(25-13-8-7-9-14-25)18(16-17)21(27)22-12-15-24(5-2)6-3/h10-11,16H,4-9,12-15H2,1-3H3,(H,22,27)(H,23,26). The lowest BCUT2D eigenvalue weighted by molar-refractivity contribution is -0.115. The Balaban J connectivity index is 2.16. The summed E-state index contributed by atoms with van der Waals surface area (Å²) < 4.78 is 0. The van der Waals surface area contributed by atoms with Gasteiger partial charge in [0.1, 0.15) is 0 Å². The molecule has 1 aliphatic heterocycles. The number of carbonyl (C=O) groups excluding carboxylic acids is 2. The van der Waals surface area contributed by atoms with Gasteiger partial charge < -0.3 is 20.4 Å². The molecule has 0 unspecified atom stereocenters. The van der Waals surface area contributed by atoms with Crippen LogP contribution in [0.25, 0.3) is 0 Å². The second kappa shape index (κ2) is 10.9. The minimum atomic E-state index is -0.0738. The fourth-order valence-electron chi connectivity index (χ4n) is 3.42. The predicted octanol–water partition coefficient (Wildman–Crippen LogP) is 3.10. The summed E-state index contributed by atoms with van der Waals surface area (Å²) in [7, 11) is 0. The van der Waals surface area contributed by atoms with E-state index in [9.17, 15) is 9.59 Å². The smallest absolute Gasteiger partial charge is 0.253 e. The van der Waals surface area contributed by atoms with E-state index in [1.54, 1.807) is 0 Å². The molecule has 6 nitrogen and oxygen atoms in total. The van der Waals surface area contributed by atoms with Crippen molar-refractivity contribution < 1.29 is 9.59 Å². The molecule has 0 aromatic heterocycles. The summed E-state index contributed by atoms with van der Waals surface area (Å²) in [6.45, 7) is 11.4. The van der Waals surface area contributed by atoms with Crippen molar-refractivity contribution in [1.29, 1.82) is 0 Å². The molecule has 0 saturated carbocycles. The summed E-state index contributed by atoms with van der Waals surface area (Å²) in [6.07, 6.45) is 3.96. The van der Waals surface area contributed by atoms with Gasteiger partial charge in [-0.05, 0) is 50.6 Å². The number of benzene rings is 1. The second-order valence-electron chi connectivity index (χ2n) is 6.96. The van der Waals surface area contributed by atoms with Crippen molar-refractivity contribution in [2.24, 2.45) is 0 Å². The number of piperidine rings is 1. The molecule has 1 aromatic rings. The molecule has 1 saturated heterocycles. The number of amides is 2. The highest BCUT2D eigenvalue weighted by Gasteiger charge is 2.19. The summed E-state index contributed by atoms with van der Waals surface area (Å²) in [4.78, 5) is 29.2. The summed E-state index contributed by atoms with van der Waals surface area (Å²) >= 11 is 0. The van der Waals surface area contributed by atoms with Crippen molar-refractivity contribution in [3.05, 3.63) is 23.8 Å². The van der Waals surface area contributed by atoms with Crippen LogP contribution in [0, 0.1) is 0 Å². The van der Waals surface area contributed by atoms with Crippen LogP contribution in [0.15, 0.2) is 18.2 Å². The normalized spacial score (nSPS) is 14.3. The van der Waals surface area contributed by atoms with Gasteiger partial charge in [0.25, 0.3) is 5.91 Å². The van der Waals surface area contributed by atoms with Crippen LogP contribution >= 0.6 is 0 Å². The fourth-order valence-corrected chi connectivity index (χ4v) is 3.42. The van der Waals surface area contributed by atoms with Gasteiger partial charge in [-0.15, -0.1) is 0 Å². The third kappa shape index (κ3) is 6.24. The van der Waals surface area contributed by atoms with Gasteiger partial charge in [0.05, 0.1) is 5.56 Å². The Labute approximate surface area is 163 Å². The highest BCUT2D eigenvalue weighted by atomic mass is 16.2. The van der Waals surface area contributed by atoms with E-state index in [-0.39, 0.29) is 11.8 Å². The first-order valence-corrected chi connectivity index (χ1v) is 10.3. The maximum Gasteiger partial charge on any atom is 0.253 e. The average Bonchev–Trinajstić information content (AvgIpc) is 2.71. The van der Waals surface area contributed by atoms with Crippen molar-refractivity contribution >= 4 is 23.2 Å². The van der Waals surface area contributed by atoms with E-state index in [4.69, 9.17) is 0 Å². The summed E-state index contributed by atoms with van der Waals surface area (Å²) in [6, 6.07) is 5.67. The highest BCUT2D eigenvalue weighted by molar-refractivity contribution is 6.02. The van der Waals surface area contributed by atoms with E-state index < -0.39 is 0 Å². The van der Waals surface area contributed by atoms with Gasteiger partial charge in [-0.2, -0.15) is 0 Å². The molecule has 1 fully saturated rings. The number of anilines is 2. The molecule has 150 valence electrons. The van der Waals surface area contributed by atoms with Crippen molar-refractivity contribution in [3.8, 4) is 0 Å². The quantitative estimate of drug-likeness (QED) is 0.697.